The van der Waals surface area contributed by atoms with Gasteiger partial charge in [-0.05, 0) is 56.2 Å². The monoisotopic (exact) mass is 387 g/mol. The molecule has 2 aromatic carbocycles. The third kappa shape index (κ3) is 4.52. The molecule has 3 rings (SSSR count). The van der Waals surface area contributed by atoms with Gasteiger partial charge in [-0.2, -0.15) is 0 Å². The smallest absolute Gasteiger partial charge is 0.276 e. The molecule has 0 spiro atoms. The third-order valence-electron chi connectivity index (χ3n) is 4.32. The summed E-state index contributed by atoms with van der Waals surface area (Å²) in [5.74, 6) is 0.298. The largest absolute Gasteiger partial charge is 0.493 e. The molecule has 1 heterocycles. The average Bonchev–Trinajstić information content (AvgIpc) is 2.63. The number of anilines is 1. The second-order valence-electron chi connectivity index (χ2n) is 6.44. The molecule has 1 aliphatic rings. The summed E-state index contributed by atoms with van der Waals surface area (Å²) < 4.78 is 5.69. The van der Waals surface area contributed by atoms with Crippen molar-refractivity contribution in [1.29, 1.82) is 0 Å². The van der Waals surface area contributed by atoms with Crippen LogP contribution < -0.4 is 15.5 Å². The van der Waals surface area contributed by atoms with Crippen molar-refractivity contribution in [3.8, 4) is 5.75 Å². The number of para-hydroxylation sites is 1. The van der Waals surface area contributed by atoms with Gasteiger partial charge in [0, 0.05) is 17.1 Å². The third-order valence-corrected chi connectivity index (χ3v) is 4.55. The molecule has 0 aromatic heterocycles. The fourth-order valence-electron chi connectivity index (χ4n) is 2.92. The van der Waals surface area contributed by atoms with Gasteiger partial charge < -0.3 is 10.1 Å². The van der Waals surface area contributed by atoms with E-state index in [0.717, 1.165) is 17.0 Å². The summed E-state index contributed by atoms with van der Waals surface area (Å²) in [6.07, 6.45) is 0.461. The molecule has 27 heavy (non-hydrogen) atoms. The molecule has 7 heteroatoms. The molecule has 0 aliphatic carbocycles. The second kappa shape index (κ2) is 8.31. The van der Waals surface area contributed by atoms with Crippen LogP contribution in [0.3, 0.4) is 0 Å². The Morgan fingerprint density at radius 2 is 2.07 bits per heavy atom. The van der Waals surface area contributed by atoms with Crippen LogP contribution in [0.1, 0.15) is 35.7 Å². The molecule has 0 fully saturated rings. The Morgan fingerprint density at radius 1 is 1.30 bits per heavy atom. The van der Waals surface area contributed by atoms with Crippen molar-refractivity contribution in [2.45, 2.75) is 32.9 Å². The van der Waals surface area contributed by atoms with Gasteiger partial charge in [0.25, 0.3) is 5.91 Å². The summed E-state index contributed by atoms with van der Waals surface area (Å²) in [5.41, 5.74) is 4.94. The summed E-state index contributed by atoms with van der Waals surface area (Å²) in [6, 6.07) is 12.7. The molecule has 1 unspecified atom stereocenters. The van der Waals surface area contributed by atoms with Gasteiger partial charge in [0.1, 0.15) is 11.9 Å². The van der Waals surface area contributed by atoms with Crippen LogP contribution in [-0.2, 0) is 4.79 Å². The number of rotatable bonds is 6. The molecule has 6 nitrogen and oxygen atoms in total. The molecule has 0 bridgehead atoms. The first-order valence-corrected chi connectivity index (χ1v) is 9.21. The van der Waals surface area contributed by atoms with Crippen molar-refractivity contribution in [1.82, 2.24) is 10.4 Å². The highest BCUT2D eigenvalue weighted by atomic mass is 35.5. The fourth-order valence-corrected chi connectivity index (χ4v) is 3.14. The van der Waals surface area contributed by atoms with Crippen LogP contribution in [0.15, 0.2) is 42.5 Å². The molecule has 1 aliphatic heterocycles. The first-order chi connectivity index (χ1) is 13.0. The maximum Gasteiger partial charge on any atom is 0.276 e. The molecular weight excluding hydrogens is 366 g/mol. The van der Waals surface area contributed by atoms with Crippen molar-refractivity contribution in [3.63, 3.8) is 0 Å². The Morgan fingerprint density at radius 3 is 2.85 bits per heavy atom. The van der Waals surface area contributed by atoms with E-state index in [9.17, 15) is 9.59 Å². The van der Waals surface area contributed by atoms with E-state index in [2.05, 4.69) is 10.7 Å². The lowest BCUT2D eigenvalue weighted by atomic mass is 10.1. The van der Waals surface area contributed by atoms with Crippen molar-refractivity contribution in [3.05, 3.63) is 58.6 Å². The highest BCUT2D eigenvalue weighted by molar-refractivity contribution is 6.30. The Labute approximate surface area is 163 Å². The summed E-state index contributed by atoms with van der Waals surface area (Å²) in [6.45, 7) is 4.14. The number of aryl methyl sites for hydroxylation is 1. The number of hydrogen-bond donors (Lipinski definition) is 2. The van der Waals surface area contributed by atoms with Crippen LogP contribution in [-0.4, -0.2) is 29.6 Å². The fraction of sp³-hybridized carbons (Fsp3) is 0.300. The molecule has 0 radical (unpaired) electrons. The number of hydrogen-bond acceptors (Lipinski definition) is 4. The number of nitrogens with one attached hydrogen (secondary N) is 2. The van der Waals surface area contributed by atoms with Crippen molar-refractivity contribution >= 4 is 29.1 Å². The van der Waals surface area contributed by atoms with Gasteiger partial charge in [-0.1, -0.05) is 23.7 Å². The SMILES string of the molecule is Cc1cc(Cl)ccc1OCCCC(=O)NN1C(=O)c2ccccc2NC1C. The molecule has 2 amide bonds. The van der Waals surface area contributed by atoms with E-state index in [0.29, 0.717) is 23.6 Å². The Hall–Kier alpha value is -2.73. The molecule has 0 saturated heterocycles. The highest BCUT2D eigenvalue weighted by Crippen LogP contribution is 2.24. The first-order valence-electron chi connectivity index (χ1n) is 8.83. The summed E-state index contributed by atoms with van der Waals surface area (Å²) in [7, 11) is 0. The maximum atomic E-state index is 12.6. The number of halogens is 1. The van der Waals surface area contributed by atoms with Crippen LogP contribution in [0.25, 0.3) is 0 Å². The lowest BCUT2D eigenvalue weighted by Gasteiger charge is -2.35. The second-order valence-corrected chi connectivity index (χ2v) is 6.87. The van der Waals surface area contributed by atoms with E-state index in [4.69, 9.17) is 16.3 Å². The van der Waals surface area contributed by atoms with Crippen molar-refractivity contribution < 1.29 is 14.3 Å². The van der Waals surface area contributed by atoms with Crippen LogP contribution >= 0.6 is 11.6 Å². The summed E-state index contributed by atoms with van der Waals surface area (Å²) in [4.78, 5) is 24.8. The zero-order chi connectivity index (χ0) is 19.4. The van der Waals surface area contributed by atoms with E-state index in [1.807, 2.05) is 38.1 Å². The zero-order valence-electron chi connectivity index (χ0n) is 15.3. The molecule has 2 N–H and O–H groups in total. The van der Waals surface area contributed by atoms with Gasteiger partial charge in [0.05, 0.1) is 12.2 Å². The standard InChI is InChI=1S/C20H22ClN3O3/c1-13-12-15(21)9-10-18(13)27-11-5-8-19(25)23-24-14(2)22-17-7-4-3-6-16(17)20(24)26/h3-4,6-7,9-10,12,14,22H,5,8,11H2,1-2H3,(H,23,25). The lowest BCUT2D eigenvalue weighted by molar-refractivity contribution is -0.125. The number of hydrazine groups is 1. The minimum atomic E-state index is -0.329. The maximum absolute atomic E-state index is 12.6. The van der Waals surface area contributed by atoms with Gasteiger partial charge in [0.15, 0.2) is 0 Å². The predicted molar refractivity (Wildman–Crippen MR) is 105 cm³/mol. The van der Waals surface area contributed by atoms with E-state index in [-0.39, 0.29) is 24.4 Å². The Kier molecular flexibility index (Phi) is 5.86. The number of benzene rings is 2. The lowest BCUT2D eigenvalue weighted by Crippen LogP contribution is -2.56. The summed E-state index contributed by atoms with van der Waals surface area (Å²) >= 11 is 5.92. The van der Waals surface area contributed by atoms with Gasteiger partial charge in [-0.3, -0.25) is 15.0 Å². The van der Waals surface area contributed by atoms with Crippen LogP contribution in [0.5, 0.6) is 5.75 Å². The van der Waals surface area contributed by atoms with Gasteiger partial charge in [-0.25, -0.2) is 5.01 Å². The first kappa shape index (κ1) is 19.0. The molecule has 0 saturated carbocycles. The molecule has 2 aromatic rings. The number of ether oxygens (including phenoxy) is 1. The van der Waals surface area contributed by atoms with Crippen LogP contribution in [0, 0.1) is 6.92 Å². The van der Waals surface area contributed by atoms with E-state index in [1.54, 1.807) is 18.2 Å². The average molecular weight is 388 g/mol. The minimum absolute atomic E-state index is 0.224. The summed E-state index contributed by atoms with van der Waals surface area (Å²) in [5, 5.41) is 5.19. The topological polar surface area (TPSA) is 70.7 Å². The number of fused-ring (bicyclic) bond motifs is 1. The number of amides is 2. The number of carbonyl (C=O) groups excluding carboxylic acids is 2. The van der Waals surface area contributed by atoms with Crippen LogP contribution in [0.4, 0.5) is 5.69 Å². The van der Waals surface area contributed by atoms with E-state index in [1.165, 1.54) is 5.01 Å². The van der Waals surface area contributed by atoms with Crippen molar-refractivity contribution in [2.24, 2.45) is 0 Å². The number of nitrogens with zero attached hydrogens (tertiary/aromatic N) is 1. The zero-order valence-corrected chi connectivity index (χ0v) is 16.0. The van der Waals surface area contributed by atoms with Gasteiger partial charge in [-0.15, -0.1) is 0 Å². The normalized spacial score (nSPS) is 15.7. The predicted octanol–water partition coefficient (Wildman–Crippen LogP) is 3.75. The molecular formula is C20H22ClN3O3. The van der Waals surface area contributed by atoms with E-state index < -0.39 is 0 Å². The van der Waals surface area contributed by atoms with Crippen molar-refractivity contribution in [2.75, 3.05) is 11.9 Å². The van der Waals surface area contributed by atoms with Gasteiger partial charge >= 0.3 is 0 Å². The molecule has 1 atom stereocenters. The van der Waals surface area contributed by atoms with E-state index >= 15 is 0 Å². The Balaban J connectivity index is 1.49. The molecule has 142 valence electrons. The number of carbonyl (C=O) groups is 2. The van der Waals surface area contributed by atoms with Gasteiger partial charge in [0.2, 0.25) is 5.91 Å². The minimum Gasteiger partial charge on any atom is -0.493 e. The highest BCUT2D eigenvalue weighted by Gasteiger charge is 2.30. The Bertz CT molecular complexity index is 856. The van der Waals surface area contributed by atoms with Crippen LogP contribution in [0.2, 0.25) is 5.02 Å². The quantitative estimate of drug-likeness (QED) is 0.740.